The third-order valence-electron chi connectivity index (χ3n) is 2.73. The molecule has 0 fully saturated rings. The minimum absolute atomic E-state index is 0.00474. The first kappa shape index (κ1) is 20.4. The molecular formula is C16H32O5. The zero-order chi connectivity index (χ0) is 16.1. The molecule has 5 heteroatoms. The maximum atomic E-state index is 5.70. The Labute approximate surface area is 129 Å². The summed E-state index contributed by atoms with van der Waals surface area (Å²) in [4.78, 5) is 0. The summed E-state index contributed by atoms with van der Waals surface area (Å²) in [7, 11) is 0. The Kier molecular flexibility index (Phi) is 12.7. The Morgan fingerprint density at radius 3 is 1.62 bits per heavy atom. The number of ether oxygens (including phenoxy) is 5. The molecule has 0 aliphatic rings. The van der Waals surface area contributed by atoms with Crippen LogP contribution >= 0.6 is 0 Å². The minimum atomic E-state index is 0.00474. The van der Waals surface area contributed by atoms with Crippen LogP contribution in [0.5, 0.6) is 0 Å². The second-order valence-corrected chi connectivity index (χ2v) is 5.20. The van der Waals surface area contributed by atoms with E-state index in [4.69, 9.17) is 23.7 Å². The molecule has 0 bridgehead atoms. The van der Waals surface area contributed by atoms with Crippen LogP contribution in [-0.4, -0.2) is 57.5 Å². The molecule has 0 aromatic heterocycles. The van der Waals surface area contributed by atoms with Crippen LogP contribution in [0.3, 0.4) is 0 Å². The zero-order valence-electron chi connectivity index (χ0n) is 14.2. The summed E-state index contributed by atoms with van der Waals surface area (Å²) < 4.78 is 27.4. The fourth-order valence-electron chi connectivity index (χ4n) is 1.53. The fourth-order valence-corrected chi connectivity index (χ4v) is 1.53. The van der Waals surface area contributed by atoms with Gasteiger partial charge in [0.2, 0.25) is 0 Å². The predicted octanol–water partition coefficient (Wildman–Crippen LogP) is 2.79. The van der Waals surface area contributed by atoms with Gasteiger partial charge >= 0.3 is 0 Å². The van der Waals surface area contributed by atoms with Gasteiger partial charge in [-0.1, -0.05) is 6.58 Å². The molecule has 5 nitrogen and oxygen atoms in total. The van der Waals surface area contributed by atoms with Gasteiger partial charge in [-0.2, -0.15) is 0 Å². The molecule has 0 amide bonds. The molecule has 4 atom stereocenters. The number of hydrogen-bond acceptors (Lipinski definition) is 5. The monoisotopic (exact) mass is 304 g/mol. The Morgan fingerprint density at radius 1 is 0.762 bits per heavy atom. The summed E-state index contributed by atoms with van der Waals surface area (Å²) in [6, 6.07) is 0. The normalized spacial score (nSPS) is 17.0. The summed E-state index contributed by atoms with van der Waals surface area (Å²) in [5.41, 5.74) is 0. The van der Waals surface area contributed by atoms with Crippen molar-refractivity contribution >= 4 is 0 Å². The number of hydrogen-bond donors (Lipinski definition) is 0. The third-order valence-corrected chi connectivity index (χ3v) is 2.73. The van der Waals surface area contributed by atoms with Crippen LogP contribution < -0.4 is 0 Å². The summed E-state index contributed by atoms with van der Waals surface area (Å²) in [5.74, 6) is 0. The van der Waals surface area contributed by atoms with Gasteiger partial charge in [-0.25, -0.2) is 0 Å². The Morgan fingerprint density at radius 2 is 1.19 bits per heavy atom. The molecule has 0 aromatic carbocycles. The van der Waals surface area contributed by atoms with Crippen molar-refractivity contribution < 1.29 is 23.7 Å². The summed E-state index contributed by atoms with van der Waals surface area (Å²) in [6.07, 6.45) is 1.57. The van der Waals surface area contributed by atoms with Crippen molar-refractivity contribution in [2.45, 2.75) is 59.0 Å². The van der Waals surface area contributed by atoms with Crippen LogP contribution in [-0.2, 0) is 23.7 Å². The molecule has 0 aromatic rings. The van der Waals surface area contributed by atoms with Gasteiger partial charge in [0, 0.05) is 6.61 Å². The van der Waals surface area contributed by atoms with Gasteiger partial charge in [-0.3, -0.25) is 0 Å². The van der Waals surface area contributed by atoms with E-state index in [1.165, 1.54) is 6.26 Å². The Bertz CT molecular complexity index is 247. The van der Waals surface area contributed by atoms with Gasteiger partial charge in [-0.05, 0) is 34.6 Å². The Balaban J connectivity index is 3.62. The highest BCUT2D eigenvalue weighted by molar-refractivity contribution is 4.59. The maximum absolute atomic E-state index is 5.70. The summed E-state index contributed by atoms with van der Waals surface area (Å²) in [6.45, 7) is 16.3. The van der Waals surface area contributed by atoms with E-state index in [1.54, 1.807) is 0 Å². The molecule has 126 valence electrons. The third kappa shape index (κ3) is 12.8. The van der Waals surface area contributed by atoms with Crippen LogP contribution in [0.15, 0.2) is 12.8 Å². The molecule has 0 saturated heterocycles. The smallest absolute Gasteiger partial charge is 0.118 e. The van der Waals surface area contributed by atoms with Gasteiger partial charge in [0.25, 0.3) is 0 Å². The average Bonchev–Trinajstić information content (AvgIpc) is 2.46. The second-order valence-electron chi connectivity index (χ2n) is 5.20. The molecule has 0 saturated carbocycles. The van der Waals surface area contributed by atoms with E-state index < -0.39 is 0 Å². The fraction of sp³-hybridized carbons (Fsp3) is 0.875. The van der Waals surface area contributed by atoms with Crippen molar-refractivity contribution in [2.75, 3.05) is 33.0 Å². The van der Waals surface area contributed by atoms with Crippen LogP contribution in [0.25, 0.3) is 0 Å². The standard InChI is InChI=1S/C16H32O5/c1-7-17-9-13(3)19-11-15(5)21-12-16(6)20-10-14(4)18-8-2/h8,13-16H,2,7,9-12H2,1,3-6H3. The van der Waals surface area contributed by atoms with E-state index in [0.29, 0.717) is 33.0 Å². The van der Waals surface area contributed by atoms with Gasteiger partial charge < -0.3 is 23.7 Å². The van der Waals surface area contributed by atoms with Crippen molar-refractivity contribution in [1.29, 1.82) is 0 Å². The highest BCUT2D eigenvalue weighted by Crippen LogP contribution is 2.02. The van der Waals surface area contributed by atoms with Crippen molar-refractivity contribution in [1.82, 2.24) is 0 Å². The van der Waals surface area contributed by atoms with E-state index >= 15 is 0 Å². The van der Waals surface area contributed by atoms with Crippen molar-refractivity contribution in [3.05, 3.63) is 12.8 Å². The lowest BCUT2D eigenvalue weighted by Crippen LogP contribution is -2.28. The van der Waals surface area contributed by atoms with Crippen LogP contribution in [0, 0.1) is 0 Å². The number of rotatable bonds is 14. The lowest BCUT2D eigenvalue weighted by atomic mass is 10.3. The maximum Gasteiger partial charge on any atom is 0.118 e. The summed E-state index contributed by atoms with van der Waals surface area (Å²) in [5, 5.41) is 0. The average molecular weight is 304 g/mol. The lowest BCUT2D eigenvalue weighted by molar-refractivity contribution is -0.0867. The van der Waals surface area contributed by atoms with Crippen molar-refractivity contribution in [3.8, 4) is 0 Å². The van der Waals surface area contributed by atoms with Crippen molar-refractivity contribution in [3.63, 3.8) is 0 Å². The van der Waals surface area contributed by atoms with E-state index in [9.17, 15) is 0 Å². The first-order chi connectivity index (χ1) is 9.99. The van der Waals surface area contributed by atoms with Crippen LogP contribution in [0.4, 0.5) is 0 Å². The first-order valence-corrected chi connectivity index (χ1v) is 7.68. The van der Waals surface area contributed by atoms with Crippen molar-refractivity contribution in [2.24, 2.45) is 0 Å². The molecule has 0 spiro atoms. The largest absolute Gasteiger partial charge is 0.497 e. The van der Waals surface area contributed by atoms with E-state index in [2.05, 4.69) is 6.58 Å². The van der Waals surface area contributed by atoms with Gasteiger partial charge in [0.1, 0.15) is 6.10 Å². The Hall–Kier alpha value is -0.620. The highest BCUT2D eigenvalue weighted by Gasteiger charge is 2.11. The van der Waals surface area contributed by atoms with E-state index in [-0.39, 0.29) is 24.4 Å². The molecule has 4 unspecified atom stereocenters. The summed E-state index contributed by atoms with van der Waals surface area (Å²) >= 11 is 0. The van der Waals surface area contributed by atoms with Crippen LogP contribution in [0.1, 0.15) is 34.6 Å². The van der Waals surface area contributed by atoms with Gasteiger partial charge in [0.15, 0.2) is 0 Å². The molecule has 0 aliphatic carbocycles. The van der Waals surface area contributed by atoms with Crippen LogP contribution in [0.2, 0.25) is 0 Å². The zero-order valence-corrected chi connectivity index (χ0v) is 14.2. The molecule has 0 radical (unpaired) electrons. The molecule has 0 rings (SSSR count). The second kappa shape index (κ2) is 13.1. The van der Waals surface area contributed by atoms with Gasteiger partial charge in [-0.15, -0.1) is 0 Å². The van der Waals surface area contributed by atoms with E-state index in [0.717, 1.165) is 0 Å². The van der Waals surface area contributed by atoms with Gasteiger partial charge in [0.05, 0.1) is 51.0 Å². The molecule has 0 aliphatic heterocycles. The topological polar surface area (TPSA) is 46.2 Å². The predicted molar refractivity (Wildman–Crippen MR) is 83.5 cm³/mol. The lowest BCUT2D eigenvalue weighted by Gasteiger charge is -2.21. The molecule has 21 heavy (non-hydrogen) atoms. The first-order valence-electron chi connectivity index (χ1n) is 7.68. The highest BCUT2D eigenvalue weighted by atomic mass is 16.6. The van der Waals surface area contributed by atoms with E-state index in [1.807, 2.05) is 34.6 Å². The minimum Gasteiger partial charge on any atom is -0.497 e. The SMILES string of the molecule is C=COC(C)COC(C)COC(C)COC(C)COCC. The molecule has 0 N–H and O–H groups in total. The molecular weight excluding hydrogens is 272 g/mol. The quantitative estimate of drug-likeness (QED) is 0.462. The molecule has 0 heterocycles.